The van der Waals surface area contributed by atoms with E-state index < -0.39 is 0 Å². The summed E-state index contributed by atoms with van der Waals surface area (Å²) in [7, 11) is 0. The summed E-state index contributed by atoms with van der Waals surface area (Å²) in [5.74, 6) is 0. The Morgan fingerprint density at radius 2 is 1.90 bits per heavy atom. The molecule has 0 amide bonds. The van der Waals surface area contributed by atoms with E-state index in [1.54, 1.807) is 0 Å². The fourth-order valence-corrected chi connectivity index (χ4v) is 2.57. The molecule has 2 nitrogen and oxygen atoms in total. The number of benzene rings is 1. The van der Waals surface area contributed by atoms with Crippen LogP contribution in [0.25, 0.3) is 0 Å². The van der Waals surface area contributed by atoms with E-state index in [9.17, 15) is 0 Å². The topological polar surface area (TPSA) is 24.9 Å². The summed E-state index contributed by atoms with van der Waals surface area (Å²) in [6, 6.07) is 12.6. The van der Waals surface area contributed by atoms with Crippen LogP contribution in [0.3, 0.4) is 0 Å². The van der Waals surface area contributed by atoms with E-state index in [2.05, 4.69) is 35.4 Å². The van der Waals surface area contributed by atoms with Crippen LogP contribution in [0.4, 0.5) is 0 Å². The van der Waals surface area contributed by atoms with E-state index in [1.165, 1.54) is 11.1 Å². The number of hydrogen-bond acceptors (Lipinski definition) is 2. The highest BCUT2D eigenvalue weighted by atomic mass is 35.5. The summed E-state index contributed by atoms with van der Waals surface area (Å²) >= 11 is 6.33. The zero-order valence-corrected chi connectivity index (χ0v) is 12.6. The van der Waals surface area contributed by atoms with E-state index in [0.717, 1.165) is 30.8 Å². The van der Waals surface area contributed by atoms with Crippen LogP contribution < -0.4 is 5.32 Å². The van der Waals surface area contributed by atoms with Crippen molar-refractivity contribution in [1.29, 1.82) is 0 Å². The van der Waals surface area contributed by atoms with Crippen molar-refractivity contribution in [1.82, 2.24) is 10.3 Å². The summed E-state index contributed by atoms with van der Waals surface area (Å²) in [6.45, 7) is 3.19. The predicted molar refractivity (Wildman–Crippen MR) is 85.0 cm³/mol. The third kappa shape index (κ3) is 4.32. The van der Waals surface area contributed by atoms with E-state index in [4.69, 9.17) is 11.6 Å². The van der Waals surface area contributed by atoms with Gasteiger partial charge in [0.1, 0.15) is 0 Å². The van der Waals surface area contributed by atoms with Crippen molar-refractivity contribution in [2.24, 2.45) is 0 Å². The number of pyridine rings is 1. The van der Waals surface area contributed by atoms with Gasteiger partial charge in [-0.25, -0.2) is 0 Å². The van der Waals surface area contributed by atoms with E-state index in [0.29, 0.717) is 6.04 Å². The molecule has 1 heterocycles. The highest BCUT2D eigenvalue weighted by molar-refractivity contribution is 6.31. The second-order valence-electron chi connectivity index (χ2n) is 4.92. The molecule has 1 unspecified atom stereocenters. The third-order valence-corrected chi connectivity index (χ3v) is 3.74. The Labute approximate surface area is 126 Å². The number of aromatic nitrogens is 1. The van der Waals surface area contributed by atoms with Gasteiger partial charge in [0.25, 0.3) is 0 Å². The largest absolute Gasteiger partial charge is 0.310 e. The van der Waals surface area contributed by atoms with E-state index in [1.807, 2.05) is 30.6 Å². The number of nitrogens with zero attached hydrogens (tertiary/aromatic N) is 1. The molecule has 0 saturated carbocycles. The molecular weight excluding hydrogens is 268 g/mol. The van der Waals surface area contributed by atoms with Gasteiger partial charge in [-0.15, -0.1) is 0 Å². The Morgan fingerprint density at radius 3 is 2.60 bits per heavy atom. The standard InChI is InChI=1S/C17H21ClN2/c1-2-11-20-17(15-5-3-4-6-16(15)18)8-7-14-9-12-19-13-10-14/h3-6,9-10,12-13,17,20H,2,7-8,11H2,1H3. The summed E-state index contributed by atoms with van der Waals surface area (Å²) in [6.07, 6.45) is 6.87. The van der Waals surface area contributed by atoms with Crippen LogP contribution >= 0.6 is 11.6 Å². The molecular formula is C17H21ClN2. The number of nitrogens with one attached hydrogen (secondary N) is 1. The number of rotatable bonds is 7. The fraction of sp³-hybridized carbons (Fsp3) is 0.353. The van der Waals surface area contributed by atoms with Gasteiger partial charge in [0.2, 0.25) is 0 Å². The molecule has 0 aliphatic heterocycles. The monoisotopic (exact) mass is 288 g/mol. The van der Waals surface area contributed by atoms with Crippen molar-refractivity contribution in [3.8, 4) is 0 Å². The van der Waals surface area contributed by atoms with E-state index >= 15 is 0 Å². The lowest BCUT2D eigenvalue weighted by molar-refractivity contribution is 0.499. The second-order valence-corrected chi connectivity index (χ2v) is 5.33. The molecule has 1 aromatic carbocycles. The third-order valence-electron chi connectivity index (χ3n) is 3.39. The van der Waals surface area contributed by atoms with E-state index in [-0.39, 0.29) is 0 Å². The molecule has 106 valence electrons. The van der Waals surface area contributed by atoms with Gasteiger partial charge in [-0.1, -0.05) is 36.7 Å². The molecule has 0 aliphatic rings. The van der Waals surface area contributed by atoms with Crippen LogP contribution in [0, 0.1) is 0 Å². The highest BCUT2D eigenvalue weighted by Gasteiger charge is 2.13. The Kier molecular flexibility index (Phi) is 6.03. The zero-order valence-electron chi connectivity index (χ0n) is 11.8. The lowest BCUT2D eigenvalue weighted by Gasteiger charge is -2.20. The molecule has 2 rings (SSSR count). The van der Waals surface area contributed by atoms with Crippen molar-refractivity contribution in [3.05, 3.63) is 64.9 Å². The SMILES string of the molecule is CCCNC(CCc1ccncc1)c1ccccc1Cl. The fourth-order valence-electron chi connectivity index (χ4n) is 2.30. The van der Waals surface area contributed by atoms with Crippen LogP contribution in [0.15, 0.2) is 48.8 Å². The molecule has 1 aromatic heterocycles. The molecule has 1 N–H and O–H groups in total. The van der Waals surface area contributed by atoms with Gasteiger partial charge in [0.05, 0.1) is 0 Å². The first-order valence-corrected chi connectivity index (χ1v) is 7.55. The van der Waals surface area contributed by atoms with Gasteiger partial charge < -0.3 is 5.32 Å². The Balaban J connectivity index is 2.06. The van der Waals surface area contributed by atoms with Crippen molar-refractivity contribution in [3.63, 3.8) is 0 Å². The van der Waals surface area contributed by atoms with Gasteiger partial charge in [-0.2, -0.15) is 0 Å². The zero-order chi connectivity index (χ0) is 14.2. The quantitative estimate of drug-likeness (QED) is 0.816. The first-order valence-electron chi connectivity index (χ1n) is 7.18. The van der Waals surface area contributed by atoms with Crippen LogP contribution in [-0.2, 0) is 6.42 Å². The second kappa shape index (κ2) is 8.03. The van der Waals surface area contributed by atoms with Crippen LogP contribution in [0.2, 0.25) is 5.02 Å². The van der Waals surface area contributed by atoms with Gasteiger partial charge in [0.15, 0.2) is 0 Å². The molecule has 1 atom stereocenters. The molecule has 0 saturated heterocycles. The van der Waals surface area contributed by atoms with Gasteiger partial charge in [-0.3, -0.25) is 4.98 Å². The maximum absolute atomic E-state index is 6.33. The highest BCUT2D eigenvalue weighted by Crippen LogP contribution is 2.26. The summed E-state index contributed by atoms with van der Waals surface area (Å²) < 4.78 is 0. The van der Waals surface area contributed by atoms with Crippen LogP contribution in [-0.4, -0.2) is 11.5 Å². The molecule has 0 spiro atoms. The normalized spacial score (nSPS) is 12.3. The molecule has 3 heteroatoms. The number of aryl methyl sites for hydroxylation is 1. The first-order chi connectivity index (χ1) is 9.81. The minimum atomic E-state index is 0.303. The Morgan fingerprint density at radius 1 is 1.15 bits per heavy atom. The van der Waals surface area contributed by atoms with Crippen molar-refractivity contribution >= 4 is 11.6 Å². The molecule has 0 aliphatic carbocycles. The first kappa shape index (κ1) is 15.0. The summed E-state index contributed by atoms with van der Waals surface area (Å²) in [5, 5.41) is 4.44. The summed E-state index contributed by atoms with van der Waals surface area (Å²) in [4.78, 5) is 4.06. The number of halogens is 1. The maximum Gasteiger partial charge on any atom is 0.0453 e. The predicted octanol–water partition coefficient (Wildman–Crippen LogP) is 4.41. The molecule has 0 bridgehead atoms. The average Bonchev–Trinajstić information content (AvgIpc) is 2.49. The van der Waals surface area contributed by atoms with Crippen molar-refractivity contribution in [2.45, 2.75) is 32.2 Å². The van der Waals surface area contributed by atoms with Crippen molar-refractivity contribution in [2.75, 3.05) is 6.54 Å². The number of hydrogen-bond donors (Lipinski definition) is 1. The van der Waals surface area contributed by atoms with Gasteiger partial charge >= 0.3 is 0 Å². The molecule has 0 radical (unpaired) electrons. The Bertz CT molecular complexity index is 513. The maximum atomic E-state index is 6.33. The lowest BCUT2D eigenvalue weighted by atomic mass is 9.99. The molecule has 20 heavy (non-hydrogen) atoms. The minimum absolute atomic E-state index is 0.303. The lowest BCUT2D eigenvalue weighted by Crippen LogP contribution is -2.23. The smallest absolute Gasteiger partial charge is 0.0453 e. The van der Waals surface area contributed by atoms with Crippen LogP contribution in [0.1, 0.15) is 36.9 Å². The summed E-state index contributed by atoms with van der Waals surface area (Å²) in [5.41, 5.74) is 2.51. The minimum Gasteiger partial charge on any atom is -0.310 e. The van der Waals surface area contributed by atoms with Crippen molar-refractivity contribution < 1.29 is 0 Å². The van der Waals surface area contributed by atoms with Gasteiger partial charge in [-0.05, 0) is 55.1 Å². The van der Waals surface area contributed by atoms with Crippen LogP contribution in [0.5, 0.6) is 0 Å². The van der Waals surface area contributed by atoms with Gasteiger partial charge in [0, 0.05) is 23.5 Å². The molecule has 0 fully saturated rings. The average molecular weight is 289 g/mol. The molecule has 2 aromatic rings. The Hall–Kier alpha value is -1.38.